The van der Waals surface area contributed by atoms with E-state index in [-0.39, 0.29) is 29.2 Å². The molecule has 3 rings (SSSR count). The van der Waals surface area contributed by atoms with Gasteiger partial charge in [0.1, 0.15) is 11.6 Å². The number of likely N-dealkylation sites (N-methyl/N-ethyl adjacent to an activating group) is 1. The Bertz CT molecular complexity index is 793. The molecular formula is C21H29FN4O. The van der Waals surface area contributed by atoms with Crippen molar-refractivity contribution >= 4 is 5.91 Å². The van der Waals surface area contributed by atoms with Gasteiger partial charge < -0.3 is 15.2 Å². The number of benzene rings is 1. The molecule has 0 saturated carbocycles. The van der Waals surface area contributed by atoms with E-state index in [1.54, 1.807) is 18.3 Å². The van der Waals surface area contributed by atoms with Crippen molar-refractivity contribution in [2.24, 2.45) is 11.3 Å². The molecule has 5 nitrogen and oxygen atoms in total. The lowest BCUT2D eigenvalue weighted by atomic mass is 9.86. The zero-order valence-electron chi connectivity index (χ0n) is 16.7. The number of carbonyl (C=O) groups excluding carboxylic acids is 1. The lowest BCUT2D eigenvalue weighted by molar-refractivity contribution is -0.137. The van der Waals surface area contributed by atoms with Gasteiger partial charge in [-0.1, -0.05) is 27.7 Å². The Balaban J connectivity index is 1.86. The SMILES string of the molecule is CN[C@H](C(=O)N1C[C@H](C)C[C@H]1c1ncc(-c2ccc(F)cc2)[nH]1)C(C)(C)C. The van der Waals surface area contributed by atoms with Gasteiger partial charge in [-0.05, 0) is 54.6 Å². The molecule has 1 saturated heterocycles. The summed E-state index contributed by atoms with van der Waals surface area (Å²) in [5.41, 5.74) is 1.53. The number of hydrogen-bond acceptors (Lipinski definition) is 3. The molecule has 27 heavy (non-hydrogen) atoms. The number of H-pyrrole nitrogens is 1. The maximum Gasteiger partial charge on any atom is 0.240 e. The zero-order valence-corrected chi connectivity index (χ0v) is 16.7. The number of halogens is 1. The summed E-state index contributed by atoms with van der Waals surface area (Å²) in [6.45, 7) is 9.10. The Morgan fingerprint density at radius 1 is 1.33 bits per heavy atom. The maximum absolute atomic E-state index is 13.2. The molecule has 2 aromatic rings. The summed E-state index contributed by atoms with van der Waals surface area (Å²) in [5.74, 6) is 1.05. The molecule has 1 aliphatic heterocycles. The molecule has 6 heteroatoms. The fourth-order valence-electron chi connectivity index (χ4n) is 3.92. The summed E-state index contributed by atoms with van der Waals surface area (Å²) < 4.78 is 13.2. The van der Waals surface area contributed by atoms with Crippen molar-refractivity contribution in [3.8, 4) is 11.3 Å². The number of carbonyl (C=O) groups is 1. The molecule has 0 aliphatic carbocycles. The number of likely N-dealkylation sites (tertiary alicyclic amines) is 1. The number of nitrogens with zero attached hydrogens (tertiary/aromatic N) is 2. The van der Waals surface area contributed by atoms with Crippen LogP contribution in [0, 0.1) is 17.2 Å². The van der Waals surface area contributed by atoms with E-state index in [0.717, 1.165) is 30.0 Å². The molecule has 2 N–H and O–H groups in total. The quantitative estimate of drug-likeness (QED) is 0.859. The largest absolute Gasteiger partial charge is 0.340 e. The number of rotatable bonds is 4. The van der Waals surface area contributed by atoms with E-state index in [2.05, 4.69) is 43.0 Å². The summed E-state index contributed by atoms with van der Waals surface area (Å²) >= 11 is 0. The Morgan fingerprint density at radius 2 is 2.00 bits per heavy atom. The van der Waals surface area contributed by atoms with Crippen LogP contribution in [0.15, 0.2) is 30.5 Å². The molecule has 1 fully saturated rings. The van der Waals surface area contributed by atoms with Crippen LogP contribution in [0.25, 0.3) is 11.3 Å². The van der Waals surface area contributed by atoms with Crippen LogP contribution in [0.4, 0.5) is 4.39 Å². The predicted molar refractivity (Wildman–Crippen MR) is 105 cm³/mol. The van der Waals surface area contributed by atoms with Crippen molar-refractivity contribution in [1.29, 1.82) is 0 Å². The Morgan fingerprint density at radius 3 is 2.59 bits per heavy atom. The van der Waals surface area contributed by atoms with Crippen molar-refractivity contribution in [2.75, 3.05) is 13.6 Å². The van der Waals surface area contributed by atoms with Crippen LogP contribution in [0.5, 0.6) is 0 Å². The van der Waals surface area contributed by atoms with Crippen molar-refractivity contribution in [2.45, 2.75) is 46.2 Å². The fourth-order valence-corrected chi connectivity index (χ4v) is 3.92. The molecule has 1 aromatic carbocycles. The first-order chi connectivity index (χ1) is 12.7. The van der Waals surface area contributed by atoms with E-state index >= 15 is 0 Å². The molecule has 0 spiro atoms. The highest BCUT2D eigenvalue weighted by Crippen LogP contribution is 2.36. The minimum absolute atomic E-state index is 0.0695. The normalized spacial score (nSPS) is 21.5. The summed E-state index contributed by atoms with van der Waals surface area (Å²) in [6.07, 6.45) is 2.64. The Kier molecular flexibility index (Phi) is 5.38. The van der Waals surface area contributed by atoms with E-state index in [9.17, 15) is 9.18 Å². The van der Waals surface area contributed by atoms with Gasteiger partial charge in [0.05, 0.1) is 24.0 Å². The standard InChI is InChI=1S/C21H29FN4O/c1-13-10-17(26(12-13)20(27)18(23-5)21(2,3)4)19-24-11-16(25-19)14-6-8-15(22)9-7-14/h6-9,11,13,17-18,23H,10,12H2,1-5H3,(H,24,25)/t13-,17+,18-/m1/s1. The van der Waals surface area contributed by atoms with Crippen LogP contribution in [-0.2, 0) is 4.79 Å². The average molecular weight is 372 g/mol. The molecule has 1 aliphatic rings. The second-order valence-corrected chi connectivity index (χ2v) is 8.62. The summed E-state index contributed by atoms with van der Waals surface area (Å²) in [7, 11) is 1.84. The van der Waals surface area contributed by atoms with Crippen LogP contribution < -0.4 is 5.32 Å². The molecule has 0 unspecified atom stereocenters. The summed E-state index contributed by atoms with van der Waals surface area (Å²) in [5, 5.41) is 3.18. The molecule has 1 aromatic heterocycles. The number of hydrogen-bond donors (Lipinski definition) is 2. The first-order valence-electron chi connectivity index (χ1n) is 9.49. The van der Waals surface area contributed by atoms with Crippen LogP contribution in [0.1, 0.15) is 46.0 Å². The second kappa shape index (κ2) is 7.43. The maximum atomic E-state index is 13.2. The predicted octanol–water partition coefficient (Wildman–Crippen LogP) is 3.76. The van der Waals surface area contributed by atoms with Crippen molar-refractivity contribution < 1.29 is 9.18 Å². The fraction of sp³-hybridized carbons (Fsp3) is 0.524. The molecule has 146 valence electrons. The van der Waals surface area contributed by atoms with Gasteiger partial charge in [-0.2, -0.15) is 0 Å². The van der Waals surface area contributed by atoms with Crippen LogP contribution in [-0.4, -0.2) is 40.4 Å². The molecule has 3 atom stereocenters. The highest BCUT2D eigenvalue weighted by Gasteiger charge is 2.41. The van der Waals surface area contributed by atoms with Gasteiger partial charge in [0.15, 0.2) is 0 Å². The number of nitrogens with one attached hydrogen (secondary N) is 2. The summed E-state index contributed by atoms with van der Waals surface area (Å²) in [6, 6.07) is 6.00. The Labute approximate surface area is 160 Å². The molecule has 2 heterocycles. The first-order valence-corrected chi connectivity index (χ1v) is 9.49. The highest BCUT2D eigenvalue weighted by molar-refractivity contribution is 5.83. The number of aromatic nitrogens is 2. The van der Waals surface area contributed by atoms with E-state index < -0.39 is 0 Å². The van der Waals surface area contributed by atoms with Crippen LogP contribution >= 0.6 is 0 Å². The van der Waals surface area contributed by atoms with Gasteiger partial charge in [-0.3, -0.25) is 4.79 Å². The van der Waals surface area contributed by atoms with Gasteiger partial charge >= 0.3 is 0 Å². The van der Waals surface area contributed by atoms with Crippen molar-refractivity contribution in [3.05, 3.63) is 42.1 Å². The van der Waals surface area contributed by atoms with Gasteiger partial charge in [-0.15, -0.1) is 0 Å². The summed E-state index contributed by atoms with van der Waals surface area (Å²) in [4.78, 5) is 23.1. The Hall–Kier alpha value is -2.21. The topological polar surface area (TPSA) is 61.0 Å². The molecule has 1 amide bonds. The number of imidazole rings is 1. The zero-order chi connectivity index (χ0) is 19.8. The molecule has 0 bridgehead atoms. The third-order valence-electron chi connectivity index (χ3n) is 5.26. The van der Waals surface area contributed by atoms with Crippen molar-refractivity contribution in [3.63, 3.8) is 0 Å². The van der Waals surface area contributed by atoms with Gasteiger partial charge in [0.25, 0.3) is 0 Å². The smallest absolute Gasteiger partial charge is 0.240 e. The van der Waals surface area contributed by atoms with Gasteiger partial charge in [0, 0.05) is 6.54 Å². The van der Waals surface area contributed by atoms with Gasteiger partial charge in [0.2, 0.25) is 5.91 Å². The minimum Gasteiger partial charge on any atom is -0.340 e. The lowest BCUT2D eigenvalue weighted by Crippen LogP contribution is -2.51. The van der Waals surface area contributed by atoms with E-state index in [1.807, 2.05) is 11.9 Å². The average Bonchev–Trinajstić information content (AvgIpc) is 3.21. The molecule has 0 radical (unpaired) electrons. The first kappa shape index (κ1) is 19.5. The van der Waals surface area contributed by atoms with Crippen molar-refractivity contribution in [1.82, 2.24) is 20.2 Å². The number of amides is 1. The van der Waals surface area contributed by atoms with Crippen LogP contribution in [0.3, 0.4) is 0 Å². The van der Waals surface area contributed by atoms with E-state index in [1.165, 1.54) is 12.1 Å². The highest BCUT2D eigenvalue weighted by atomic mass is 19.1. The minimum atomic E-state index is -0.264. The lowest BCUT2D eigenvalue weighted by Gasteiger charge is -2.34. The van der Waals surface area contributed by atoms with Crippen LogP contribution in [0.2, 0.25) is 0 Å². The molecular weight excluding hydrogens is 343 g/mol. The second-order valence-electron chi connectivity index (χ2n) is 8.62. The third kappa shape index (κ3) is 4.05. The third-order valence-corrected chi connectivity index (χ3v) is 5.26. The monoisotopic (exact) mass is 372 g/mol. The van der Waals surface area contributed by atoms with Gasteiger partial charge in [-0.25, -0.2) is 9.37 Å². The van der Waals surface area contributed by atoms with E-state index in [4.69, 9.17) is 0 Å². The van der Waals surface area contributed by atoms with E-state index in [0.29, 0.717) is 5.92 Å². The number of aromatic amines is 1.